The Kier molecular flexibility index (Phi) is 3.88. The van der Waals surface area contributed by atoms with Gasteiger partial charge in [-0.15, -0.1) is 0 Å². The minimum Gasteiger partial charge on any atom is -0.358 e. The molecule has 0 atom stereocenters. The molecule has 3 rings (SSSR count). The summed E-state index contributed by atoms with van der Waals surface area (Å²) in [5.74, 6) is 0.0893. The second-order valence-corrected chi connectivity index (χ2v) is 5.88. The van der Waals surface area contributed by atoms with Gasteiger partial charge < -0.3 is 15.2 Å². The number of carbonyl (C=O) groups excluding carboxylic acids is 2. The minimum absolute atomic E-state index is 0.0987. The zero-order valence-electron chi connectivity index (χ0n) is 13.0. The molecule has 0 saturated carbocycles. The molecular weight excluding hydrogens is 278 g/mol. The van der Waals surface area contributed by atoms with Crippen LogP contribution in [0.3, 0.4) is 0 Å². The first-order valence-corrected chi connectivity index (χ1v) is 7.71. The molecule has 2 N–H and O–H groups in total. The van der Waals surface area contributed by atoms with Gasteiger partial charge in [-0.2, -0.15) is 0 Å². The summed E-state index contributed by atoms with van der Waals surface area (Å²) in [7, 11) is 0. The topological polar surface area (TPSA) is 65.2 Å². The van der Waals surface area contributed by atoms with Crippen LogP contribution in [0, 0.1) is 13.8 Å². The lowest BCUT2D eigenvalue weighted by Gasteiger charge is -2.15. The number of aromatic nitrogens is 1. The van der Waals surface area contributed by atoms with Gasteiger partial charge >= 0.3 is 0 Å². The quantitative estimate of drug-likeness (QED) is 0.908. The number of nitrogens with zero attached hydrogens (tertiary/aromatic N) is 1. The van der Waals surface area contributed by atoms with Crippen LogP contribution in [0.15, 0.2) is 18.2 Å². The number of nitrogens with one attached hydrogen (secondary N) is 2. The second-order valence-electron chi connectivity index (χ2n) is 5.88. The van der Waals surface area contributed by atoms with Crippen LogP contribution in [0.5, 0.6) is 0 Å². The van der Waals surface area contributed by atoms with Gasteiger partial charge in [-0.3, -0.25) is 9.59 Å². The van der Waals surface area contributed by atoms with Crippen molar-refractivity contribution in [3.63, 3.8) is 0 Å². The van der Waals surface area contributed by atoms with Gasteiger partial charge in [0, 0.05) is 48.2 Å². The Morgan fingerprint density at radius 2 is 2.18 bits per heavy atom. The summed E-state index contributed by atoms with van der Waals surface area (Å²) in [6.07, 6.45) is 1.56. The van der Waals surface area contributed by atoms with Gasteiger partial charge in [0.1, 0.15) is 0 Å². The Labute approximate surface area is 129 Å². The molecule has 2 aromatic rings. The number of hydrogen-bond donors (Lipinski definition) is 2. The fourth-order valence-corrected chi connectivity index (χ4v) is 2.96. The standard InChI is InChI=1S/C17H21N3O2/c1-11-12(2)19-15-10-13(5-6-14(11)15)17(22)18-7-9-20-8-3-4-16(20)21/h5-6,10,19H,3-4,7-9H2,1-2H3,(H,18,22). The van der Waals surface area contributed by atoms with Crippen LogP contribution in [0.1, 0.15) is 34.5 Å². The van der Waals surface area contributed by atoms with Crippen molar-refractivity contribution in [3.05, 3.63) is 35.0 Å². The first kappa shape index (κ1) is 14.6. The van der Waals surface area contributed by atoms with Crippen molar-refractivity contribution in [1.29, 1.82) is 0 Å². The number of amides is 2. The van der Waals surface area contributed by atoms with E-state index in [0.717, 1.165) is 29.6 Å². The molecule has 1 aromatic heterocycles. The average molecular weight is 299 g/mol. The molecule has 0 radical (unpaired) electrons. The molecule has 0 spiro atoms. The summed E-state index contributed by atoms with van der Waals surface area (Å²) in [4.78, 5) is 28.8. The van der Waals surface area contributed by atoms with Crippen LogP contribution in [0.4, 0.5) is 0 Å². The molecule has 5 nitrogen and oxygen atoms in total. The summed E-state index contributed by atoms with van der Waals surface area (Å²) in [6, 6.07) is 5.71. The molecular formula is C17H21N3O2. The molecule has 1 aromatic carbocycles. The smallest absolute Gasteiger partial charge is 0.251 e. The molecule has 1 aliphatic rings. The molecule has 0 aliphatic carbocycles. The van der Waals surface area contributed by atoms with E-state index in [1.165, 1.54) is 5.56 Å². The van der Waals surface area contributed by atoms with Crippen LogP contribution in [-0.2, 0) is 4.79 Å². The Hall–Kier alpha value is -2.30. The second kappa shape index (κ2) is 5.83. The largest absolute Gasteiger partial charge is 0.358 e. The summed E-state index contributed by atoms with van der Waals surface area (Å²) in [5.41, 5.74) is 3.97. The molecule has 0 unspecified atom stereocenters. The van der Waals surface area contributed by atoms with E-state index in [2.05, 4.69) is 17.2 Å². The number of carbonyl (C=O) groups is 2. The summed E-state index contributed by atoms with van der Waals surface area (Å²) in [6.45, 7) is 5.99. The van der Waals surface area contributed by atoms with E-state index in [1.807, 2.05) is 25.1 Å². The third kappa shape index (κ3) is 2.71. The normalized spacial score (nSPS) is 14.8. The maximum atomic E-state index is 12.2. The number of likely N-dealkylation sites (tertiary alicyclic amines) is 1. The van der Waals surface area contributed by atoms with Gasteiger partial charge in [-0.1, -0.05) is 6.07 Å². The Morgan fingerprint density at radius 3 is 2.91 bits per heavy atom. The highest BCUT2D eigenvalue weighted by molar-refractivity contribution is 5.98. The highest BCUT2D eigenvalue weighted by Gasteiger charge is 2.19. The SMILES string of the molecule is Cc1[nH]c2cc(C(=O)NCCN3CCCC3=O)ccc2c1C. The van der Waals surface area contributed by atoms with E-state index in [1.54, 1.807) is 4.90 Å². The monoisotopic (exact) mass is 299 g/mol. The fraction of sp³-hybridized carbons (Fsp3) is 0.412. The lowest BCUT2D eigenvalue weighted by Crippen LogP contribution is -2.35. The highest BCUT2D eigenvalue weighted by atomic mass is 16.2. The van der Waals surface area contributed by atoms with Crippen LogP contribution in [-0.4, -0.2) is 41.3 Å². The van der Waals surface area contributed by atoms with E-state index in [-0.39, 0.29) is 11.8 Å². The van der Waals surface area contributed by atoms with Crippen LogP contribution >= 0.6 is 0 Å². The van der Waals surface area contributed by atoms with E-state index in [0.29, 0.717) is 25.1 Å². The molecule has 2 amide bonds. The third-order valence-corrected chi connectivity index (χ3v) is 4.41. The van der Waals surface area contributed by atoms with E-state index >= 15 is 0 Å². The fourth-order valence-electron chi connectivity index (χ4n) is 2.96. The van der Waals surface area contributed by atoms with Crippen molar-refractivity contribution in [3.8, 4) is 0 Å². The number of rotatable bonds is 4. The summed E-state index contributed by atoms with van der Waals surface area (Å²) in [5, 5.41) is 4.04. The van der Waals surface area contributed by atoms with Crippen LogP contribution < -0.4 is 5.32 Å². The molecule has 116 valence electrons. The summed E-state index contributed by atoms with van der Waals surface area (Å²) < 4.78 is 0. The van der Waals surface area contributed by atoms with Crippen LogP contribution in [0.25, 0.3) is 10.9 Å². The molecule has 5 heteroatoms. The van der Waals surface area contributed by atoms with Crippen molar-refractivity contribution in [2.75, 3.05) is 19.6 Å². The lowest BCUT2D eigenvalue weighted by molar-refractivity contribution is -0.127. The maximum Gasteiger partial charge on any atom is 0.251 e. The van der Waals surface area contributed by atoms with Crippen LogP contribution in [0.2, 0.25) is 0 Å². The number of H-pyrrole nitrogens is 1. The van der Waals surface area contributed by atoms with Crippen molar-refractivity contribution >= 4 is 22.7 Å². The molecule has 22 heavy (non-hydrogen) atoms. The molecule has 1 fully saturated rings. The average Bonchev–Trinajstić information content (AvgIpc) is 3.03. The van der Waals surface area contributed by atoms with E-state index in [4.69, 9.17) is 0 Å². The summed E-state index contributed by atoms with van der Waals surface area (Å²) >= 11 is 0. The minimum atomic E-state index is -0.0987. The molecule has 0 bridgehead atoms. The number of aromatic amines is 1. The van der Waals surface area contributed by atoms with Crippen molar-refractivity contribution in [2.24, 2.45) is 0 Å². The number of benzene rings is 1. The molecule has 1 saturated heterocycles. The van der Waals surface area contributed by atoms with Gasteiger partial charge in [0.15, 0.2) is 0 Å². The molecule has 1 aliphatic heterocycles. The lowest BCUT2D eigenvalue weighted by atomic mass is 10.1. The number of fused-ring (bicyclic) bond motifs is 1. The van der Waals surface area contributed by atoms with E-state index < -0.39 is 0 Å². The first-order chi connectivity index (χ1) is 10.6. The van der Waals surface area contributed by atoms with Crippen molar-refractivity contribution in [2.45, 2.75) is 26.7 Å². The highest BCUT2D eigenvalue weighted by Crippen LogP contribution is 2.22. The van der Waals surface area contributed by atoms with Gasteiger partial charge in [0.05, 0.1) is 0 Å². The van der Waals surface area contributed by atoms with Gasteiger partial charge in [-0.25, -0.2) is 0 Å². The van der Waals surface area contributed by atoms with Gasteiger partial charge in [0.25, 0.3) is 5.91 Å². The molecule has 2 heterocycles. The van der Waals surface area contributed by atoms with Crippen molar-refractivity contribution < 1.29 is 9.59 Å². The van der Waals surface area contributed by atoms with Crippen molar-refractivity contribution in [1.82, 2.24) is 15.2 Å². The zero-order valence-corrected chi connectivity index (χ0v) is 13.0. The Morgan fingerprint density at radius 1 is 1.36 bits per heavy atom. The van der Waals surface area contributed by atoms with E-state index in [9.17, 15) is 9.59 Å². The first-order valence-electron chi connectivity index (χ1n) is 7.71. The zero-order chi connectivity index (χ0) is 15.7. The van der Waals surface area contributed by atoms with Gasteiger partial charge in [0.2, 0.25) is 5.91 Å². The number of hydrogen-bond acceptors (Lipinski definition) is 2. The third-order valence-electron chi connectivity index (χ3n) is 4.41. The Balaban J connectivity index is 1.63. The maximum absolute atomic E-state index is 12.2. The predicted octanol–water partition coefficient (Wildman–Crippen LogP) is 2.14. The number of aryl methyl sites for hydroxylation is 2. The Bertz CT molecular complexity index is 733. The van der Waals surface area contributed by atoms with Gasteiger partial charge in [-0.05, 0) is 38.0 Å². The predicted molar refractivity (Wildman–Crippen MR) is 85.9 cm³/mol.